The number of nitrogens with zero attached hydrogens (tertiary/aromatic N) is 1. The topological polar surface area (TPSA) is 73.4 Å². The number of carboxylic acid groups (broad SMARTS) is 1. The maximum atomic E-state index is 14.6. The zero-order valence-corrected chi connectivity index (χ0v) is 13.4. The molecule has 0 radical (unpaired) electrons. The molecule has 1 fully saturated rings. The van der Waals surface area contributed by atoms with E-state index < -0.39 is 17.3 Å². The van der Waals surface area contributed by atoms with E-state index in [-0.39, 0.29) is 11.1 Å². The van der Waals surface area contributed by atoms with Crippen LogP contribution in [0.2, 0.25) is 0 Å². The van der Waals surface area contributed by atoms with E-state index in [0.29, 0.717) is 17.7 Å². The number of nitrogens with one attached hydrogen (secondary N) is 1. The fourth-order valence-electron chi connectivity index (χ4n) is 3.13. The van der Waals surface area contributed by atoms with Gasteiger partial charge in [0.25, 0.3) is 5.56 Å². The van der Waals surface area contributed by atoms with Crippen LogP contribution in [0, 0.1) is 5.82 Å². The van der Waals surface area contributed by atoms with Gasteiger partial charge in [0.2, 0.25) is 0 Å². The molecule has 3 rings (SSSR count). The van der Waals surface area contributed by atoms with Gasteiger partial charge < -0.3 is 15.0 Å². The normalized spacial score (nSPS) is 14.2. The Balaban J connectivity index is 2.06. The summed E-state index contributed by atoms with van der Waals surface area (Å²) in [6.07, 6.45) is 2.69. The summed E-state index contributed by atoms with van der Waals surface area (Å²) in [5, 5.41) is 9.06. The van der Waals surface area contributed by atoms with Crippen molar-refractivity contribution in [2.24, 2.45) is 0 Å². The molecule has 126 valence electrons. The number of hydrogen-bond acceptors (Lipinski definition) is 3. The molecule has 2 N–H and O–H groups in total. The molecule has 0 saturated carbocycles. The Morgan fingerprint density at radius 2 is 2.00 bits per heavy atom. The second kappa shape index (κ2) is 6.47. The quantitative estimate of drug-likeness (QED) is 0.904. The molecule has 0 unspecified atom stereocenters. The van der Waals surface area contributed by atoms with Crippen LogP contribution in [0.5, 0.6) is 0 Å². The predicted octanol–water partition coefficient (Wildman–Crippen LogP) is 3.04. The van der Waals surface area contributed by atoms with Crippen molar-refractivity contribution in [3.8, 4) is 11.3 Å². The fourth-order valence-corrected chi connectivity index (χ4v) is 3.13. The molecule has 0 spiro atoms. The summed E-state index contributed by atoms with van der Waals surface area (Å²) in [4.78, 5) is 27.7. The number of carbonyl (C=O) groups is 1. The number of H-pyrrole nitrogens is 1. The number of hydrogen-bond donors (Lipinski definition) is 2. The molecule has 1 aromatic heterocycles. The van der Waals surface area contributed by atoms with Gasteiger partial charge >= 0.3 is 5.97 Å². The van der Waals surface area contributed by atoms with Crippen molar-refractivity contribution in [3.05, 3.63) is 51.6 Å². The first-order valence-corrected chi connectivity index (χ1v) is 8.05. The molecule has 1 aromatic carbocycles. The minimum absolute atomic E-state index is 0.281. The number of benzene rings is 1. The minimum Gasteiger partial charge on any atom is -0.477 e. The first-order chi connectivity index (χ1) is 11.5. The number of pyridine rings is 1. The molecule has 1 saturated heterocycles. The van der Waals surface area contributed by atoms with Crippen LogP contribution in [0.15, 0.2) is 29.1 Å². The van der Waals surface area contributed by atoms with Crippen LogP contribution < -0.4 is 10.5 Å². The maximum Gasteiger partial charge on any atom is 0.341 e. The van der Waals surface area contributed by atoms with Crippen LogP contribution >= 0.6 is 0 Å². The van der Waals surface area contributed by atoms with E-state index >= 15 is 0 Å². The van der Waals surface area contributed by atoms with Gasteiger partial charge in [0.05, 0.1) is 5.69 Å². The summed E-state index contributed by atoms with van der Waals surface area (Å²) in [5.74, 6) is -1.71. The van der Waals surface area contributed by atoms with Gasteiger partial charge in [0.15, 0.2) is 0 Å². The number of aromatic carboxylic acids is 1. The van der Waals surface area contributed by atoms with Crippen molar-refractivity contribution in [2.75, 3.05) is 18.0 Å². The minimum atomic E-state index is -1.29. The summed E-state index contributed by atoms with van der Waals surface area (Å²) < 4.78 is 14.6. The van der Waals surface area contributed by atoms with Crippen molar-refractivity contribution in [1.82, 2.24) is 4.98 Å². The van der Waals surface area contributed by atoms with Crippen LogP contribution in [-0.4, -0.2) is 29.1 Å². The van der Waals surface area contributed by atoms with Crippen molar-refractivity contribution < 1.29 is 14.3 Å². The number of aryl methyl sites for hydroxylation is 1. The Morgan fingerprint density at radius 3 is 2.58 bits per heavy atom. The molecule has 6 heteroatoms. The second-order valence-electron chi connectivity index (χ2n) is 5.93. The van der Waals surface area contributed by atoms with Gasteiger partial charge in [-0.2, -0.15) is 0 Å². The number of carboxylic acids is 1. The van der Waals surface area contributed by atoms with Crippen molar-refractivity contribution >= 4 is 11.7 Å². The molecule has 0 atom stereocenters. The lowest BCUT2D eigenvalue weighted by Crippen LogP contribution is -2.20. The van der Waals surface area contributed by atoms with Gasteiger partial charge in [-0.1, -0.05) is 6.92 Å². The maximum absolute atomic E-state index is 14.6. The average Bonchev–Trinajstić information content (AvgIpc) is 3.08. The highest BCUT2D eigenvalue weighted by Gasteiger charge is 2.18. The van der Waals surface area contributed by atoms with Crippen LogP contribution in [0.3, 0.4) is 0 Å². The van der Waals surface area contributed by atoms with E-state index in [0.717, 1.165) is 31.6 Å². The van der Waals surface area contributed by atoms with Gasteiger partial charge in [-0.25, -0.2) is 9.18 Å². The summed E-state index contributed by atoms with van der Waals surface area (Å²) >= 11 is 0. The number of rotatable bonds is 4. The highest BCUT2D eigenvalue weighted by atomic mass is 19.1. The van der Waals surface area contributed by atoms with Crippen molar-refractivity contribution in [3.63, 3.8) is 0 Å². The van der Waals surface area contributed by atoms with Crippen LogP contribution in [0.25, 0.3) is 11.3 Å². The number of anilines is 1. The molecule has 0 amide bonds. The highest BCUT2D eigenvalue weighted by molar-refractivity contribution is 5.88. The third-order valence-corrected chi connectivity index (χ3v) is 4.43. The molecule has 0 aliphatic carbocycles. The molecule has 5 nitrogen and oxygen atoms in total. The molecule has 1 aliphatic heterocycles. The van der Waals surface area contributed by atoms with E-state index in [1.165, 1.54) is 12.1 Å². The molecule has 0 bridgehead atoms. The lowest BCUT2D eigenvalue weighted by molar-refractivity contribution is 0.0695. The highest BCUT2D eigenvalue weighted by Crippen LogP contribution is 2.29. The fraction of sp³-hybridized carbons (Fsp3) is 0.333. The molecule has 2 heterocycles. The SMILES string of the molecule is CCc1cc(C(=O)O)c(=O)[nH]c1-c1ccc(N2CCCC2)cc1F. The van der Waals surface area contributed by atoms with Gasteiger partial charge in [-0.3, -0.25) is 4.79 Å². The molecular weight excluding hydrogens is 311 g/mol. The van der Waals surface area contributed by atoms with E-state index in [1.54, 1.807) is 6.07 Å². The lowest BCUT2D eigenvalue weighted by atomic mass is 10.0. The first kappa shape index (κ1) is 16.2. The zero-order valence-electron chi connectivity index (χ0n) is 13.4. The number of aromatic amines is 1. The molecule has 1 aliphatic rings. The van der Waals surface area contributed by atoms with E-state index in [9.17, 15) is 14.0 Å². The van der Waals surface area contributed by atoms with Crippen LogP contribution in [-0.2, 0) is 6.42 Å². The Labute approximate surface area is 138 Å². The van der Waals surface area contributed by atoms with E-state index in [4.69, 9.17) is 5.11 Å². The van der Waals surface area contributed by atoms with E-state index in [1.807, 2.05) is 13.0 Å². The standard InChI is InChI=1S/C18H19FN2O3/c1-2-11-9-14(18(23)24)17(22)20-16(11)13-6-5-12(10-15(13)19)21-7-3-4-8-21/h5-6,9-10H,2-4,7-8H2,1H3,(H,20,22)(H,23,24). The summed E-state index contributed by atoms with van der Waals surface area (Å²) in [6.45, 7) is 3.67. The van der Waals surface area contributed by atoms with Gasteiger partial charge in [0, 0.05) is 24.3 Å². The summed E-state index contributed by atoms with van der Waals surface area (Å²) in [5.41, 5.74) is 1.00. The van der Waals surface area contributed by atoms with E-state index in [2.05, 4.69) is 9.88 Å². The monoisotopic (exact) mass is 330 g/mol. The number of aromatic nitrogens is 1. The Bertz CT molecular complexity index is 839. The number of halogens is 1. The molecule has 2 aromatic rings. The third-order valence-electron chi connectivity index (χ3n) is 4.43. The molecular formula is C18H19FN2O3. The Morgan fingerprint density at radius 1 is 1.29 bits per heavy atom. The Kier molecular flexibility index (Phi) is 4.38. The van der Waals surface area contributed by atoms with Crippen molar-refractivity contribution in [2.45, 2.75) is 26.2 Å². The van der Waals surface area contributed by atoms with Gasteiger partial charge in [-0.05, 0) is 49.1 Å². The van der Waals surface area contributed by atoms with Crippen molar-refractivity contribution in [1.29, 1.82) is 0 Å². The smallest absolute Gasteiger partial charge is 0.341 e. The Hall–Kier alpha value is -2.63. The summed E-state index contributed by atoms with van der Waals surface area (Å²) in [6, 6.07) is 6.29. The average molecular weight is 330 g/mol. The van der Waals surface area contributed by atoms with Gasteiger partial charge in [0.1, 0.15) is 11.4 Å². The predicted molar refractivity (Wildman–Crippen MR) is 90.2 cm³/mol. The zero-order chi connectivity index (χ0) is 17.3. The largest absolute Gasteiger partial charge is 0.477 e. The summed E-state index contributed by atoms with van der Waals surface area (Å²) in [7, 11) is 0. The first-order valence-electron chi connectivity index (χ1n) is 8.05. The lowest BCUT2D eigenvalue weighted by Gasteiger charge is -2.18. The molecule has 24 heavy (non-hydrogen) atoms. The second-order valence-corrected chi connectivity index (χ2v) is 5.93. The van der Waals surface area contributed by atoms with Crippen LogP contribution in [0.4, 0.5) is 10.1 Å². The third kappa shape index (κ3) is 2.91. The van der Waals surface area contributed by atoms with Gasteiger partial charge in [-0.15, -0.1) is 0 Å². The van der Waals surface area contributed by atoms with Crippen LogP contribution in [0.1, 0.15) is 35.7 Å².